The van der Waals surface area contributed by atoms with Crippen molar-refractivity contribution >= 4 is 29.2 Å². The lowest BCUT2D eigenvalue weighted by molar-refractivity contribution is 0.122. The fourth-order valence-corrected chi connectivity index (χ4v) is 4.79. The van der Waals surface area contributed by atoms with E-state index in [1.165, 1.54) is 57.8 Å². The van der Waals surface area contributed by atoms with Crippen molar-refractivity contribution < 1.29 is 4.74 Å². The van der Waals surface area contributed by atoms with Gasteiger partial charge in [0, 0.05) is 20.1 Å². The molecule has 0 atom stereocenters. The van der Waals surface area contributed by atoms with E-state index in [9.17, 15) is 0 Å². The summed E-state index contributed by atoms with van der Waals surface area (Å²) in [6, 6.07) is 0. The van der Waals surface area contributed by atoms with Gasteiger partial charge in [0.2, 0.25) is 17.0 Å². The van der Waals surface area contributed by atoms with Crippen molar-refractivity contribution in [1.82, 2.24) is 25.2 Å². The molecule has 0 bridgehead atoms. The van der Waals surface area contributed by atoms with E-state index in [0.29, 0.717) is 18.3 Å². The van der Waals surface area contributed by atoms with Gasteiger partial charge in [0.1, 0.15) is 5.66 Å². The predicted molar refractivity (Wildman–Crippen MR) is 119 cm³/mol. The van der Waals surface area contributed by atoms with Gasteiger partial charge in [-0.05, 0) is 37.9 Å². The van der Waals surface area contributed by atoms with Gasteiger partial charge in [0.05, 0.1) is 13.2 Å². The summed E-state index contributed by atoms with van der Waals surface area (Å²) in [5.74, 6) is 1.48. The number of thiocarbonyl (C=S) groups is 1. The van der Waals surface area contributed by atoms with Gasteiger partial charge in [0.15, 0.2) is 0 Å². The van der Waals surface area contributed by atoms with Crippen molar-refractivity contribution in [1.29, 1.82) is 0 Å². The van der Waals surface area contributed by atoms with Crippen molar-refractivity contribution in [3.8, 4) is 0 Å². The van der Waals surface area contributed by atoms with Gasteiger partial charge >= 0.3 is 0 Å². The molecule has 8 nitrogen and oxygen atoms in total. The number of hydrazine groups is 1. The van der Waals surface area contributed by atoms with E-state index in [1.807, 2.05) is 12.1 Å². The third kappa shape index (κ3) is 5.00. The highest BCUT2D eigenvalue weighted by Crippen LogP contribution is 2.29. The molecule has 1 aromatic heterocycles. The number of nitrogens with one attached hydrogen (secondary N) is 2. The van der Waals surface area contributed by atoms with Crippen LogP contribution in [0.1, 0.15) is 70.6 Å². The number of anilines is 2. The fraction of sp³-hybridized carbons (Fsp3) is 0.850. The quantitative estimate of drug-likeness (QED) is 0.671. The van der Waals surface area contributed by atoms with Crippen molar-refractivity contribution in [3.63, 3.8) is 0 Å². The van der Waals surface area contributed by atoms with Crippen LogP contribution in [-0.4, -0.2) is 63.9 Å². The van der Waals surface area contributed by atoms with Crippen LogP contribution in [0.4, 0.5) is 11.9 Å². The summed E-state index contributed by atoms with van der Waals surface area (Å²) in [6.07, 6.45) is 13.9. The molecular formula is C20H35N7OS. The lowest BCUT2D eigenvalue weighted by Gasteiger charge is -2.37. The minimum Gasteiger partial charge on any atom is -0.378 e. The molecule has 1 spiro atoms. The van der Waals surface area contributed by atoms with E-state index in [4.69, 9.17) is 27.0 Å². The molecule has 0 aromatic carbocycles. The number of hydrogen-bond acceptors (Lipinski definition) is 7. The summed E-state index contributed by atoms with van der Waals surface area (Å²) in [5.41, 5.74) is 3.44. The highest BCUT2D eigenvalue weighted by Gasteiger charge is 2.37. The lowest BCUT2D eigenvalue weighted by atomic mass is 9.93. The molecule has 1 saturated carbocycles. The molecule has 2 N–H and O–H groups in total. The Balaban J connectivity index is 1.57. The first-order valence-corrected chi connectivity index (χ1v) is 11.7. The summed E-state index contributed by atoms with van der Waals surface area (Å²) >= 11 is 5.73. The number of ether oxygens (including phenoxy) is 1. The number of hydrogen-bond donors (Lipinski definition) is 2. The minimum atomic E-state index is -0.235. The zero-order chi connectivity index (χ0) is 20.1. The van der Waals surface area contributed by atoms with E-state index in [0.717, 1.165) is 37.8 Å². The van der Waals surface area contributed by atoms with Crippen LogP contribution in [0, 0.1) is 0 Å². The standard InChI is InChI=1S/C20H35N7OS/c1-25-19(29)27-17(21-18(23-27)26-13-15-28-16-14-26)22-20(24-25)11-9-7-5-3-2-4-6-8-10-12-20/h24H,2-16H2,1H3,(H,21,22,23). The van der Waals surface area contributed by atoms with Crippen LogP contribution in [-0.2, 0) is 4.74 Å². The Morgan fingerprint density at radius 3 is 2.14 bits per heavy atom. The first kappa shape index (κ1) is 20.8. The average Bonchev–Trinajstić information content (AvgIpc) is 3.10. The molecule has 2 fully saturated rings. The van der Waals surface area contributed by atoms with Gasteiger partial charge in [0.25, 0.3) is 0 Å². The third-order valence-corrected chi connectivity index (χ3v) is 6.74. The number of fused-ring (bicyclic) bond motifs is 1. The second kappa shape index (κ2) is 9.57. The normalized spacial score (nSPS) is 24.2. The SMILES string of the molecule is CN1NC2(CCCCCCCCCCC2)Nc2nc(N3CCOCC3)nn2C1=S. The lowest BCUT2D eigenvalue weighted by Crippen LogP contribution is -2.57. The second-order valence-electron chi connectivity index (χ2n) is 8.59. The Kier molecular flexibility index (Phi) is 6.87. The monoisotopic (exact) mass is 421 g/mol. The van der Waals surface area contributed by atoms with Gasteiger partial charge < -0.3 is 15.0 Å². The fourth-order valence-electron chi connectivity index (χ4n) is 4.62. The van der Waals surface area contributed by atoms with Crippen LogP contribution in [0.2, 0.25) is 0 Å². The van der Waals surface area contributed by atoms with Gasteiger partial charge in [-0.2, -0.15) is 9.67 Å². The molecule has 1 saturated heterocycles. The first-order chi connectivity index (χ1) is 14.2. The van der Waals surface area contributed by atoms with Gasteiger partial charge in [-0.1, -0.05) is 44.9 Å². The molecule has 0 amide bonds. The van der Waals surface area contributed by atoms with Crippen LogP contribution in [0.3, 0.4) is 0 Å². The maximum atomic E-state index is 5.73. The molecule has 29 heavy (non-hydrogen) atoms. The summed E-state index contributed by atoms with van der Waals surface area (Å²) in [7, 11) is 1.99. The van der Waals surface area contributed by atoms with Crippen LogP contribution in [0.5, 0.6) is 0 Å². The average molecular weight is 422 g/mol. The van der Waals surface area contributed by atoms with Crippen molar-refractivity contribution in [2.24, 2.45) is 0 Å². The predicted octanol–water partition coefficient (Wildman–Crippen LogP) is 3.11. The Bertz CT molecular complexity index is 676. The summed E-state index contributed by atoms with van der Waals surface area (Å²) in [4.78, 5) is 7.03. The van der Waals surface area contributed by atoms with Gasteiger partial charge in [-0.15, -0.1) is 5.10 Å². The van der Waals surface area contributed by atoms with E-state index in [-0.39, 0.29) is 5.66 Å². The molecule has 3 aliphatic rings. The number of nitrogens with zero attached hydrogens (tertiary/aromatic N) is 5. The maximum Gasteiger partial charge on any atom is 0.247 e. The van der Waals surface area contributed by atoms with E-state index in [2.05, 4.69) is 15.6 Å². The zero-order valence-electron chi connectivity index (χ0n) is 17.7. The molecule has 1 aromatic rings. The van der Waals surface area contributed by atoms with Crippen LogP contribution in [0.15, 0.2) is 0 Å². The Morgan fingerprint density at radius 2 is 1.52 bits per heavy atom. The Hall–Kier alpha value is -1.45. The molecule has 1 aliphatic carbocycles. The van der Waals surface area contributed by atoms with Crippen LogP contribution < -0.4 is 15.6 Å². The molecule has 3 heterocycles. The molecule has 162 valence electrons. The number of morpholine rings is 1. The Labute approximate surface area is 179 Å². The van der Waals surface area contributed by atoms with Crippen LogP contribution >= 0.6 is 12.2 Å². The maximum absolute atomic E-state index is 5.73. The van der Waals surface area contributed by atoms with Crippen molar-refractivity contribution in [3.05, 3.63) is 0 Å². The molecule has 0 radical (unpaired) electrons. The summed E-state index contributed by atoms with van der Waals surface area (Å²) < 4.78 is 7.25. The number of rotatable bonds is 1. The van der Waals surface area contributed by atoms with E-state index in [1.54, 1.807) is 4.68 Å². The molecule has 4 rings (SSSR count). The topological polar surface area (TPSA) is 70.5 Å². The summed E-state index contributed by atoms with van der Waals surface area (Å²) in [6.45, 7) is 3.06. The van der Waals surface area contributed by atoms with Crippen LogP contribution in [0.25, 0.3) is 0 Å². The third-order valence-electron chi connectivity index (χ3n) is 6.30. The molecular weight excluding hydrogens is 386 g/mol. The largest absolute Gasteiger partial charge is 0.378 e. The molecule has 2 aliphatic heterocycles. The van der Waals surface area contributed by atoms with E-state index < -0.39 is 0 Å². The smallest absolute Gasteiger partial charge is 0.247 e. The number of aromatic nitrogens is 3. The second-order valence-corrected chi connectivity index (χ2v) is 8.95. The Morgan fingerprint density at radius 1 is 0.931 bits per heavy atom. The van der Waals surface area contributed by atoms with Crippen molar-refractivity contribution in [2.75, 3.05) is 43.6 Å². The van der Waals surface area contributed by atoms with E-state index >= 15 is 0 Å². The molecule has 9 heteroatoms. The molecule has 0 unspecified atom stereocenters. The highest BCUT2D eigenvalue weighted by molar-refractivity contribution is 7.80. The highest BCUT2D eigenvalue weighted by atomic mass is 32.1. The van der Waals surface area contributed by atoms with Crippen molar-refractivity contribution in [2.45, 2.75) is 76.3 Å². The zero-order valence-corrected chi connectivity index (χ0v) is 18.5. The first-order valence-electron chi connectivity index (χ1n) is 11.3. The van der Waals surface area contributed by atoms with Gasteiger partial charge in [-0.3, -0.25) is 5.01 Å². The summed E-state index contributed by atoms with van der Waals surface area (Å²) in [5, 5.41) is 11.0. The minimum absolute atomic E-state index is 0.235. The van der Waals surface area contributed by atoms with Gasteiger partial charge in [-0.25, -0.2) is 5.43 Å².